The second kappa shape index (κ2) is 8.16. The summed E-state index contributed by atoms with van der Waals surface area (Å²) in [4.78, 5) is 12.9. The normalized spacial score (nSPS) is 11.5. The Morgan fingerprint density at radius 1 is 0.969 bits per heavy atom. The van der Waals surface area contributed by atoms with Crippen molar-refractivity contribution >= 4 is 32.6 Å². The van der Waals surface area contributed by atoms with Crippen molar-refractivity contribution in [2.75, 3.05) is 24.7 Å². The van der Waals surface area contributed by atoms with Gasteiger partial charge in [-0.25, -0.2) is 8.42 Å². The lowest BCUT2D eigenvalue weighted by atomic mass is 9.98. The highest BCUT2D eigenvalue weighted by Crippen LogP contribution is 2.41. The number of nitrogens with one attached hydrogen (secondary N) is 1. The molecule has 1 N–H and O–H groups in total. The number of sulfonamides is 1. The molecule has 32 heavy (non-hydrogen) atoms. The molecule has 4 aromatic rings. The molecule has 0 saturated heterocycles. The summed E-state index contributed by atoms with van der Waals surface area (Å²) >= 11 is 0. The minimum absolute atomic E-state index is 0.275. The highest BCUT2D eigenvalue weighted by atomic mass is 32.2. The zero-order valence-electron chi connectivity index (χ0n) is 18.3. The number of amides is 1. The van der Waals surface area contributed by atoms with Crippen LogP contribution in [0.25, 0.3) is 33.4 Å². The van der Waals surface area contributed by atoms with Gasteiger partial charge in [0, 0.05) is 36.7 Å². The van der Waals surface area contributed by atoms with Crippen LogP contribution in [0.3, 0.4) is 0 Å². The topological polar surface area (TPSA) is 79.6 Å². The fourth-order valence-electron chi connectivity index (χ4n) is 3.68. The number of hydrogen-bond acceptors (Lipinski definition) is 4. The number of aryl methyl sites for hydroxylation is 1. The van der Waals surface area contributed by atoms with E-state index in [0.29, 0.717) is 33.5 Å². The minimum atomic E-state index is -3.52. The summed E-state index contributed by atoms with van der Waals surface area (Å²) < 4.78 is 32.1. The Morgan fingerprint density at radius 2 is 1.62 bits per heavy atom. The maximum Gasteiger partial charge on any atom is 0.255 e. The van der Waals surface area contributed by atoms with Crippen LogP contribution in [-0.4, -0.2) is 34.7 Å². The summed E-state index contributed by atoms with van der Waals surface area (Å²) in [6.07, 6.45) is 1.15. The van der Waals surface area contributed by atoms with Crippen LogP contribution in [0.1, 0.15) is 15.9 Å². The molecule has 1 amide bonds. The first kappa shape index (κ1) is 21.6. The van der Waals surface area contributed by atoms with E-state index in [1.54, 1.807) is 13.1 Å². The van der Waals surface area contributed by atoms with E-state index in [2.05, 4.69) is 5.32 Å². The molecular weight excluding hydrogens is 424 g/mol. The minimum Gasteiger partial charge on any atom is -0.455 e. The zero-order valence-corrected chi connectivity index (χ0v) is 19.2. The van der Waals surface area contributed by atoms with Crippen molar-refractivity contribution in [3.8, 4) is 22.5 Å². The van der Waals surface area contributed by atoms with Gasteiger partial charge in [0.05, 0.1) is 17.5 Å². The van der Waals surface area contributed by atoms with E-state index in [4.69, 9.17) is 4.42 Å². The van der Waals surface area contributed by atoms with Crippen LogP contribution >= 0.6 is 0 Å². The lowest BCUT2D eigenvalue weighted by Crippen LogP contribution is -2.25. The van der Waals surface area contributed by atoms with E-state index < -0.39 is 10.0 Å². The van der Waals surface area contributed by atoms with Gasteiger partial charge in [-0.2, -0.15) is 0 Å². The van der Waals surface area contributed by atoms with Gasteiger partial charge < -0.3 is 9.73 Å². The molecule has 0 aliphatic carbocycles. The van der Waals surface area contributed by atoms with Gasteiger partial charge in [0.1, 0.15) is 11.3 Å². The molecular formula is C25H24N2O4S. The number of nitrogens with zero attached hydrogens (tertiary/aromatic N) is 1. The molecule has 6 nitrogen and oxygen atoms in total. The molecule has 164 valence electrons. The van der Waals surface area contributed by atoms with E-state index in [0.717, 1.165) is 22.9 Å². The van der Waals surface area contributed by atoms with Crippen LogP contribution in [0.2, 0.25) is 0 Å². The quantitative estimate of drug-likeness (QED) is 0.474. The van der Waals surface area contributed by atoms with Crippen LogP contribution in [0.5, 0.6) is 0 Å². The number of fused-ring (bicyclic) bond motifs is 1. The van der Waals surface area contributed by atoms with Gasteiger partial charge in [0.2, 0.25) is 10.0 Å². The largest absolute Gasteiger partial charge is 0.455 e. The number of hydrogen-bond donors (Lipinski definition) is 1. The molecule has 0 atom stereocenters. The Morgan fingerprint density at radius 3 is 2.22 bits per heavy atom. The summed E-state index contributed by atoms with van der Waals surface area (Å²) in [7, 11) is -0.444. The smallest absolute Gasteiger partial charge is 0.255 e. The summed E-state index contributed by atoms with van der Waals surface area (Å²) in [6.45, 7) is 1.99. The molecule has 1 heterocycles. The maximum absolute atomic E-state index is 12.9. The summed E-state index contributed by atoms with van der Waals surface area (Å²) in [5, 5.41) is 3.31. The van der Waals surface area contributed by atoms with Gasteiger partial charge in [-0.3, -0.25) is 9.10 Å². The second-order valence-electron chi connectivity index (χ2n) is 7.71. The van der Waals surface area contributed by atoms with Gasteiger partial charge in [0.25, 0.3) is 5.91 Å². The van der Waals surface area contributed by atoms with Gasteiger partial charge in [-0.1, -0.05) is 60.2 Å². The van der Waals surface area contributed by atoms with Crippen molar-refractivity contribution < 1.29 is 17.6 Å². The molecule has 0 radical (unpaired) electrons. The Balaban J connectivity index is 2.08. The highest BCUT2D eigenvalue weighted by Gasteiger charge is 2.25. The average Bonchev–Trinajstić information content (AvgIpc) is 3.16. The van der Waals surface area contributed by atoms with Gasteiger partial charge in [0.15, 0.2) is 0 Å². The third-order valence-corrected chi connectivity index (χ3v) is 6.69. The lowest BCUT2D eigenvalue weighted by molar-refractivity contribution is 0.0964. The molecule has 0 unspecified atom stereocenters. The molecule has 0 saturated carbocycles. The predicted molar refractivity (Wildman–Crippen MR) is 128 cm³/mol. The van der Waals surface area contributed by atoms with Crippen LogP contribution < -0.4 is 9.62 Å². The Kier molecular flexibility index (Phi) is 5.52. The monoisotopic (exact) mass is 448 g/mol. The molecule has 0 aliphatic heterocycles. The first-order valence-corrected chi connectivity index (χ1v) is 11.9. The first-order chi connectivity index (χ1) is 15.2. The van der Waals surface area contributed by atoms with Crippen LogP contribution in [-0.2, 0) is 10.0 Å². The number of anilines is 1. The zero-order chi connectivity index (χ0) is 23.0. The average molecular weight is 449 g/mol. The Hall–Kier alpha value is -3.58. The van der Waals surface area contributed by atoms with Crippen LogP contribution in [0, 0.1) is 6.92 Å². The molecule has 0 aliphatic rings. The van der Waals surface area contributed by atoms with E-state index >= 15 is 0 Å². The summed E-state index contributed by atoms with van der Waals surface area (Å²) in [6, 6.07) is 20.7. The van der Waals surface area contributed by atoms with E-state index in [9.17, 15) is 13.2 Å². The van der Waals surface area contributed by atoms with Gasteiger partial charge in [-0.15, -0.1) is 0 Å². The fraction of sp³-hybridized carbons (Fsp3) is 0.160. The second-order valence-corrected chi connectivity index (χ2v) is 9.73. The maximum atomic E-state index is 12.9. The van der Waals surface area contributed by atoms with E-state index in [-0.39, 0.29) is 5.91 Å². The number of carbonyl (C=O) groups excluding carboxylic acids is 1. The molecule has 1 aromatic heterocycles. The first-order valence-electron chi connectivity index (χ1n) is 10.1. The Labute approximate surface area is 187 Å². The lowest BCUT2D eigenvalue weighted by Gasteiger charge is -2.20. The SMILES string of the molecule is CNC(=O)c1c(-c2ccc(C)cc2)oc2cc(N(C)S(C)(=O)=O)c(-c3ccccc3)cc12. The van der Waals surface area contributed by atoms with Gasteiger partial charge in [-0.05, 0) is 18.6 Å². The van der Waals surface area contributed by atoms with Crippen molar-refractivity contribution in [1.82, 2.24) is 5.32 Å². The van der Waals surface area contributed by atoms with E-state index in [1.807, 2.05) is 67.6 Å². The van der Waals surface area contributed by atoms with Crippen molar-refractivity contribution in [3.63, 3.8) is 0 Å². The predicted octanol–water partition coefficient (Wildman–Crippen LogP) is 4.83. The highest BCUT2D eigenvalue weighted by molar-refractivity contribution is 7.92. The van der Waals surface area contributed by atoms with Crippen molar-refractivity contribution in [2.24, 2.45) is 0 Å². The van der Waals surface area contributed by atoms with Crippen LogP contribution in [0.15, 0.2) is 71.1 Å². The molecule has 0 spiro atoms. The number of carbonyl (C=O) groups is 1. The summed E-state index contributed by atoms with van der Waals surface area (Å²) in [5.41, 5.74) is 4.70. The molecule has 4 rings (SSSR count). The third kappa shape index (κ3) is 3.87. The number of benzene rings is 3. The number of rotatable bonds is 5. The fourth-order valence-corrected chi connectivity index (χ4v) is 4.19. The standard InChI is InChI=1S/C25H24N2O4S/c1-16-10-12-18(13-11-16)24-23(25(28)26-2)20-14-19(17-8-6-5-7-9-17)21(15-22(20)31-24)27(3)32(4,29)30/h5-15H,1-4H3,(H,26,28). The van der Waals surface area contributed by atoms with Crippen LogP contribution in [0.4, 0.5) is 5.69 Å². The van der Waals surface area contributed by atoms with Gasteiger partial charge >= 0.3 is 0 Å². The van der Waals surface area contributed by atoms with E-state index in [1.165, 1.54) is 11.4 Å². The molecule has 3 aromatic carbocycles. The van der Waals surface area contributed by atoms with Crippen molar-refractivity contribution in [2.45, 2.75) is 6.92 Å². The number of furan rings is 1. The molecule has 0 fully saturated rings. The third-order valence-electron chi connectivity index (χ3n) is 5.50. The Bertz CT molecular complexity index is 1410. The van der Waals surface area contributed by atoms with Crippen molar-refractivity contribution in [1.29, 1.82) is 0 Å². The van der Waals surface area contributed by atoms with Crippen molar-refractivity contribution in [3.05, 3.63) is 77.9 Å². The molecule has 7 heteroatoms. The molecule has 0 bridgehead atoms. The summed E-state index contributed by atoms with van der Waals surface area (Å²) in [5.74, 6) is 0.167.